The van der Waals surface area contributed by atoms with E-state index in [1.807, 2.05) is 24.3 Å². The van der Waals surface area contributed by atoms with Crippen molar-refractivity contribution < 1.29 is 9.90 Å². The van der Waals surface area contributed by atoms with Crippen molar-refractivity contribution in [3.63, 3.8) is 0 Å². The number of benzene rings is 1. The summed E-state index contributed by atoms with van der Waals surface area (Å²) in [6, 6.07) is 11.2. The molecule has 0 aliphatic rings. The standard InChI is InChI=1S/C15H15N3O2/c1-15(2,14(19)20)18(3)13-11(9-16)8-10-6-4-5-7-12(10)17-13/h4-8H,1-3H3,(H,19,20). The second kappa shape index (κ2) is 4.82. The number of nitriles is 1. The Morgan fingerprint density at radius 1 is 1.40 bits per heavy atom. The normalized spacial score (nSPS) is 11.1. The van der Waals surface area contributed by atoms with Crippen molar-refractivity contribution in [3.8, 4) is 6.07 Å². The molecular formula is C15H15N3O2. The first-order chi connectivity index (χ1) is 9.37. The van der Waals surface area contributed by atoms with Crippen LogP contribution in [-0.4, -0.2) is 28.6 Å². The van der Waals surface area contributed by atoms with Gasteiger partial charge in [-0.15, -0.1) is 0 Å². The van der Waals surface area contributed by atoms with Crippen LogP contribution in [0.3, 0.4) is 0 Å². The molecular weight excluding hydrogens is 254 g/mol. The average Bonchev–Trinajstić information content (AvgIpc) is 2.44. The first-order valence-electron chi connectivity index (χ1n) is 6.15. The van der Waals surface area contributed by atoms with Gasteiger partial charge in [0, 0.05) is 12.4 Å². The van der Waals surface area contributed by atoms with Crippen molar-refractivity contribution in [3.05, 3.63) is 35.9 Å². The molecule has 0 bridgehead atoms. The number of para-hydroxylation sites is 1. The lowest BCUT2D eigenvalue weighted by Crippen LogP contribution is -2.48. The zero-order valence-corrected chi connectivity index (χ0v) is 11.6. The zero-order valence-electron chi connectivity index (χ0n) is 11.6. The Bertz CT molecular complexity index is 717. The van der Waals surface area contributed by atoms with Gasteiger partial charge in [-0.2, -0.15) is 5.26 Å². The number of aliphatic carboxylic acids is 1. The molecule has 1 N–H and O–H groups in total. The van der Waals surface area contributed by atoms with E-state index in [2.05, 4.69) is 11.1 Å². The van der Waals surface area contributed by atoms with Gasteiger partial charge >= 0.3 is 5.97 Å². The average molecular weight is 269 g/mol. The van der Waals surface area contributed by atoms with E-state index in [1.165, 1.54) is 4.90 Å². The first-order valence-corrected chi connectivity index (χ1v) is 6.15. The van der Waals surface area contributed by atoms with Crippen LogP contribution in [0.15, 0.2) is 30.3 Å². The number of nitrogens with zero attached hydrogens (tertiary/aromatic N) is 3. The lowest BCUT2D eigenvalue weighted by Gasteiger charge is -2.33. The number of rotatable bonds is 3. The fraction of sp³-hybridized carbons (Fsp3) is 0.267. The van der Waals surface area contributed by atoms with E-state index in [9.17, 15) is 15.2 Å². The molecule has 0 amide bonds. The van der Waals surface area contributed by atoms with Crippen LogP contribution in [0.1, 0.15) is 19.4 Å². The number of anilines is 1. The Morgan fingerprint density at radius 3 is 2.65 bits per heavy atom. The number of pyridine rings is 1. The third kappa shape index (κ3) is 2.16. The number of carboxylic acids is 1. The van der Waals surface area contributed by atoms with Crippen molar-refractivity contribution in [2.45, 2.75) is 19.4 Å². The molecule has 0 radical (unpaired) electrons. The Hall–Kier alpha value is -2.61. The van der Waals surface area contributed by atoms with E-state index < -0.39 is 11.5 Å². The van der Waals surface area contributed by atoms with Crippen molar-refractivity contribution in [1.82, 2.24) is 4.98 Å². The molecule has 1 aromatic carbocycles. The molecule has 0 spiro atoms. The molecule has 0 saturated carbocycles. The minimum absolute atomic E-state index is 0.362. The summed E-state index contributed by atoms with van der Waals surface area (Å²) in [5.74, 6) is -0.600. The van der Waals surface area contributed by atoms with Gasteiger partial charge in [-0.25, -0.2) is 9.78 Å². The SMILES string of the molecule is CN(c1nc2ccccc2cc1C#N)C(C)(C)C(=O)O. The van der Waals surface area contributed by atoms with E-state index in [-0.39, 0.29) is 0 Å². The molecule has 102 valence electrons. The van der Waals surface area contributed by atoms with Crippen LogP contribution in [0.4, 0.5) is 5.82 Å². The molecule has 5 nitrogen and oxygen atoms in total. The molecule has 20 heavy (non-hydrogen) atoms. The van der Waals surface area contributed by atoms with Gasteiger partial charge in [-0.3, -0.25) is 0 Å². The first kappa shape index (κ1) is 13.8. The molecule has 0 unspecified atom stereocenters. The highest BCUT2D eigenvalue weighted by Gasteiger charge is 2.34. The highest BCUT2D eigenvalue weighted by Crippen LogP contribution is 2.27. The third-order valence-electron chi connectivity index (χ3n) is 3.50. The Morgan fingerprint density at radius 2 is 2.05 bits per heavy atom. The fourth-order valence-corrected chi connectivity index (χ4v) is 1.85. The highest BCUT2D eigenvalue weighted by atomic mass is 16.4. The summed E-state index contributed by atoms with van der Waals surface area (Å²) in [4.78, 5) is 17.3. The Balaban J connectivity index is 2.64. The van der Waals surface area contributed by atoms with Gasteiger partial charge in [0.15, 0.2) is 0 Å². The number of carboxylic acid groups (broad SMARTS) is 1. The molecule has 5 heteroatoms. The summed E-state index contributed by atoms with van der Waals surface area (Å²) in [5, 5.41) is 19.4. The molecule has 0 fully saturated rings. The van der Waals surface area contributed by atoms with Gasteiger partial charge in [0.1, 0.15) is 17.4 Å². The minimum Gasteiger partial charge on any atom is -0.480 e. The maximum atomic E-state index is 11.3. The molecule has 0 saturated heterocycles. The van der Waals surface area contributed by atoms with Crippen LogP contribution in [0.5, 0.6) is 0 Å². The molecule has 0 aliphatic carbocycles. The highest BCUT2D eigenvalue weighted by molar-refractivity contribution is 5.86. The van der Waals surface area contributed by atoms with Crippen LogP contribution in [0, 0.1) is 11.3 Å². The summed E-state index contributed by atoms with van der Waals surface area (Å²) in [7, 11) is 1.63. The third-order valence-corrected chi connectivity index (χ3v) is 3.50. The second-order valence-electron chi connectivity index (χ2n) is 5.09. The summed E-state index contributed by atoms with van der Waals surface area (Å²) in [6.45, 7) is 3.15. The van der Waals surface area contributed by atoms with E-state index in [0.717, 1.165) is 10.9 Å². The fourth-order valence-electron chi connectivity index (χ4n) is 1.85. The lowest BCUT2D eigenvalue weighted by atomic mass is 10.0. The predicted molar refractivity (Wildman–Crippen MR) is 76.6 cm³/mol. The van der Waals surface area contributed by atoms with Crippen LogP contribution in [0.25, 0.3) is 10.9 Å². The predicted octanol–water partition coefficient (Wildman–Crippen LogP) is 2.41. The van der Waals surface area contributed by atoms with Gasteiger partial charge in [-0.1, -0.05) is 18.2 Å². The summed E-state index contributed by atoms with van der Waals surface area (Å²) in [5.41, 5.74) is -0.0591. The van der Waals surface area contributed by atoms with Crippen LogP contribution in [-0.2, 0) is 4.79 Å². The van der Waals surface area contributed by atoms with Gasteiger partial charge in [-0.05, 0) is 26.0 Å². The topological polar surface area (TPSA) is 77.2 Å². The molecule has 2 aromatic rings. The summed E-state index contributed by atoms with van der Waals surface area (Å²) >= 11 is 0. The Labute approximate surface area is 117 Å². The summed E-state index contributed by atoms with van der Waals surface area (Å²) in [6.07, 6.45) is 0. The molecule has 0 atom stereocenters. The number of hydrogen-bond donors (Lipinski definition) is 1. The number of likely N-dealkylation sites (N-methyl/N-ethyl adjacent to an activating group) is 1. The van der Waals surface area contributed by atoms with Crippen molar-refractivity contribution in [1.29, 1.82) is 5.26 Å². The largest absolute Gasteiger partial charge is 0.480 e. The second-order valence-corrected chi connectivity index (χ2v) is 5.09. The van der Waals surface area contributed by atoms with Crippen LogP contribution < -0.4 is 4.90 Å². The van der Waals surface area contributed by atoms with Crippen molar-refractivity contribution >= 4 is 22.7 Å². The maximum absolute atomic E-state index is 11.3. The lowest BCUT2D eigenvalue weighted by molar-refractivity contribution is -0.142. The van der Waals surface area contributed by atoms with Crippen molar-refractivity contribution in [2.75, 3.05) is 11.9 Å². The number of fused-ring (bicyclic) bond motifs is 1. The Kier molecular flexibility index (Phi) is 3.33. The summed E-state index contributed by atoms with van der Waals surface area (Å²) < 4.78 is 0. The van der Waals surface area contributed by atoms with E-state index in [0.29, 0.717) is 11.4 Å². The monoisotopic (exact) mass is 269 g/mol. The van der Waals surface area contributed by atoms with E-state index >= 15 is 0 Å². The number of aromatic nitrogens is 1. The van der Waals surface area contributed by atoms with E-state index in [4.69, 9.17) is 0 Å². The van der Waals surface area contributed by atoms with Crippen molar-refractivity contribution in [2.24, 2.45) is 0 Å². The van der Waals surface area contributed by atoms with E-state index in [1.54, 1.807) is 27.0 Å². The molecule has 0 aliphatic heterocycles. The zero-order chi connectivity index (χ0) is 14.9. The number of carbonyl (C=O) groups is 1. The molecule has 1 heterocycles. The van der Waals surface area contributed by atoms with Gasteiger partial charge in [0.2, 0.25) is 0 Å². The smallest absolute Gasteiger partial charge is 0.328 e. The number of hydrogen-bond acceptors (Lipinski definition) is 4. The van der Waals surface area contributed by atoms with Crippen LogP contribution >= 0.6 is 0 Å². The minimum atomic E-state index is -1.15. The molecule has 2 rings (SSSR count). The van der Waals surface area contributed by atoms with Crippen LogP contribution in [0.2, 0.25) is 0 Å². The van der Waals surface area contributed by atoms with Gasteiger partial charge in [0.05, 0.1) is 11.1 Å². The maximum Gasteiger partial charge on any atom is 0.328 e. The molecule has 1 aromatic heterocycles. The van der Waals surface area contributed by atoms with Gasteiger partial charge < -0.3 is 10.0 Å². The quantitative estimate of drug-likeness (QED) is 0.925. The van der Waals surface area contributed by atoms with Gasteiger partial charge in [0.25, 0.3) is 0 Å².